The van der Waals surface area contributed by atoms with Gasteiger partial charge >= 0.3 is 0 Å². The molecule has 0 heterocycles. The maximum absolute atomic E-state index is 9.16. The van der Waals surface area contributed by atoms with Gasteiger partial charge in [0.05, 0.1) is 12.7 Å². The van der Waals surface area contributed by atoms with Crippen LogP contribution in [0.2, 0.25) is 0 Å². The SMILES string of the molecule is CNC(C#N)(COCC(C)C)C1CC1. The second-order valence-corrected chi connectivity index (χ2v) is 4.52. The van der Waals surface area contributed by atoms with Crippen LogP contribution in [0.4, 0.5) is 0 Å². The molecule has 0 aliphatic heterocycles. The van der Waals surface area contributed by atoms with Crippen molar-refractivity contribution < 1.29 is 4.74 Å². The van der Waals surface area contributed by atoms with E-state index >= 15 is 0 Å². The molecule has 0 saturated heterocycles. The van der Waals surface area contributed by atoms with Crippen LogP contribution < -0.4 is 5.32 Å². The van der Waals surface area contributed by atoms with E-state index in [0.717, 1.165) is 19.4 Å². The zero-order valence-electron chi connectivity index (χ0n) is 9.34. The van der Waals surface area contributed by atoms with Crippen LogP contribution in [0.15, 0.2) is 0 Å². The van der Waals surface area contributed by atoms with Gasteiger partial charge in [-0.25, -0.2) is 0 Å². The lowest BCUT2D eigenvalue weighted by molar-refractivity contribution is 0.0665. The number of likely N-dealkylation sites (N-methyl/N-ethyl adjacent to an activating group) is 1. The van der Waals surface area contributed by atoms with E-state index in [9.17, 15) is 0 Å². The predicted molar refractivity (Wildman–Crippen MR) is 55.8 cm³/mol. The first-order chi connectivity index (χ1) is 6.64. The summed E-state index contributed by atoms with van der Waals surface area (Å²) in [5, 5.41) is 12.3. The molecule has 1 aliphatic rings. The topological polar surface area (TPSA) is 45.0 Å². The second kappa shape index (κ2) is 4.77. The Morgan fingerprint density at radius 1 is 1.57 bits per heavy atom. The van der Waals surface area contributed by atoms with Crippen LogP contribution in [0.1, 0.15) is 26.7 Å². The number of rotatable bonds is 6. The lowest BCUT2D eigenvalue weighted by Gasteiger charge is -2.26. The highest BCUT2D eigenvalue weighted by molar-refractivity contribution is 5.14. The van der Waals surface area contributed by atoms with Crippen molar-refractivity contribution in [3.05, 3.63) is 0 Å². The average molecular weight is 196 g/mol. The Kier molecular flexibility index (Phi) is 3.91. The number of hydrogen-bond acceptors (Lipinski definition) is 3. The molecular formula is C11H20N2O. The van der Waals surface area contributed by atoms with Gasteiger partial charge in [-0.1, -0.05) is 13.8 Å². The maximum atomic E-state index is 9.16. The summed E-state index contributed by atoms with van der Waals surface area (Å²) < 4.78 is 5.56. The van der Waals surface area contributed by atoms with Crippen molar-refractivity contribution in [1.82, 2.24) is 5.32 Å². The van der Waals surface area contributed by atoms with Crippen molar-refractivity contribution in [2.45, 2.75) is 32.2 Å². The van der Waals surface area contributed by atoms with Crippen LogP contribution in [0.5, 0.6) is 0 Å². The summed E-state index contributed by atoms with van der Waals surface area (Å²) in [6.07, 6.45) is 2.30. The fraction of sp³-hybridized carbons (Fsp3) is 0.909. The minimum absolute atomic E-state index is 0.436. The van der Waals surface area contributed by atoms with Crippen molar-refractivity contribution in [1.29, 1.82) is 5.26 Å². The monoisotopic (exact) mass is 196 g/mol. The third kappa shape index (κ3) is 2.70. The maximum Gasteiger partial charge on any atom is 0.132 e. The van der Waals surface area contributed by atoms with Gasteiger partial charge < -0.3 is 10.1 Å². The van der Waals surface area contributed by atoms with Gasteiger partial charge in [-0.05, 0) is 31.7 Å². The molecule has 1 rings (SSSR count). The third-order valence-corrected chi connectivity index (χ3v) is 2.70. The van der Waals surface area contributed by atoms with Gasteiger partial charge in [0.15, 0.2) is 0 Å². The van der Waals surface area contributed by atoms with Crippen LogP contribution in [0.3, 0.4) is 0 Å². The second-order valence-electron chi connectivity index (χ2n) is 4.52. The Balaban J connectivity index is 2.40. The molecule has 80 valence electrons. The number of nitrogens with one attached hydrogen (secondary N) is 1. The lowest BCUT2D eigenvalue weighted by atomic mass is 9.96. The van der Waals surface area contributed by atoms with Gasteiger partial charge in [0.2, 0.25) is 0 Å². The van der Waals surface area contributed by atoms with Gasteiger partial charge in [0.25, 0.3) is 0 Å². The van der Waals surface area contributed by atoms with E-state index in [4.69, 9.17) is 10.00 Å². The summed E-state index contributed by atoms with van der Waals surface area (Å²) in [6, 6.07) is 2.36. The normalized spacial score (nSPS) is 20.5. The molecule has 0 aromatic rings. The summed E-state index contributed by atoms with van der Waals surface area (Å²) in [5.74, 6) is 1.02. The molecule has 1 N–H and O–H groups in total. The van der Waals surface area contributed by atoms with E-state index in [2.05, 4.69) is 25.2 Å². The molecule has 1 unspecified atom stereocenters. The van der Waals surface area contributed by atoms with E-state index in [1.165, 1.54) is 0 Å². The quantitative estimate of drug-likeness (QED) is 0.701. The molecule has 1 aliphatic carbocycles. The molecule has 3 nitrogen and oxygen atoms in total. The molecule has 14 heavy (non-hydrogen) atoms. The molecule has 3 heteroatoms. The van der Waals surface area contributed by atoms with Crippen molar-refractivity contribution in [3.63, 3.8) is 0 Å². The van der Waals surface area contributed by atoms with Crippen LogP contribution in [0, 0.1) is 23.2 Å². The number of nitrogens with zero attached hydrogens (tertiary/aromatic N) is 1. The van der Waals surface area contributed by atoms with Crippen molar-refractivity contribution in [3.8, 4) is 6.07 Å². The molecule has 1 atom stereocenters. The Morgan fingerprint density at radius 2 is 2.21 bits per heavy atom. The van der Waals surface area contributed by atoms with Crippen molar-refractivity contribution >= 4 is 0 Å². The Labute approximate surface area is 86.4 Å². The molecule has 0 bridgehead atoms. The summed E-state index contributed by atoms with van der Waals surface area (Å²) in [7, 11) is 1.85. The van der Waals surface area contributed by atoms with Gasteiger partial charge in [-0.3, -0.25) is 0 Å². The summed E-state index contributed by atoms with van der Waals surface area (Å²) in [6.45, 7) is 5.48. The van der Waals surface area contributed by atoms with Crippen LogP contribution in [0.25, 0.3) is 0 Å². The Bertz CT molecular complexity index is 218. The predicted octanol–water partition coefficient (Wildman–Crippen LogP) is 1.55. The molecule has 0 amide bonds. The summed E-state index contributed by atoms with van der Waals surface area (Å²) in [5.41, 5.74) is -0.436. The molecule has 0 spiro atoms. The first-order valence-electron chi connectivity index (χ1n) is 5.32. The number of nitriles is 1. The minimum atomic E-state index is -0.436. The van der Waals surface area contributed by atoms with Gasteiger partial charge in [0, 0.05) is 6.61 Å². The van der Waals surface area contributed by atoms with E-state index in [-0.39, 0.29) is 0 Å². The average Bonchev–Trinajstić information content (AvgIpc) is 2.96. The highest BCUT2D eigenvalue weighted by atomic mass is 16.5. The number of hydrogen-bond donors (Lipinski definition) is 1. The van der Waals surface area contributed by atoms with Crippen molar-refractivity contribution in [2.24, 2.45) is 11.8 Å². The smallest absolute Gasteiger partial charge is 0.132 e. The standard InChI is InChI=1S/C11H20N2O/c1-9(2)6-14-8-11(7-12,13-3)10-4-5-10/h9-10,13H,4-6,8H2,1-3H3. The molecular weight excluding hydrogens is 176 g/mol. The van der Waals surface area contributed by atoms with Gasteiger partial charge in [-0.15, -0.1) is 0 Å². The largest absolute Gasteiger partial charge is 0.378 e. The highest BCUT2D eigenvalue weighted by Gasteiger charge is 2.44. The fourth-order valence-electron chi connectivity index (χ4n) is 1.61. The number of ether oxygens (including phenoxy) is 1. The first kappa shape index (κ1) is 11.5. The van der Waals surface area contributed by atoms with E-state index < -0.39 is 5.54 Å². The van der Waals surface area contributed by atoms with E-state index in [1.807, 2.05) is 7.05 Å². The lowest BCUT2D eigenvalue weighted by Crippen LogP contribution is -2.48. The first-order valence-corrected chi connectivity index (χ1v) is 5.32. The Morgan fingerprint density at radius 3 is 2.57 bits per heavy atom. The fourth-order valence-corrected chi connectivity index (χ4v) is 1.61. The molecule has 1 saturated carbocycles. The molecule has 0 radical (unpaired) electrons. The van der Waals surface area contributed by atoms with Gasteiger partial charge in [-0.2, -0.15) is 5.26 Å². The van der Waals surface area contributed by atoms with Gasteiger partial charge in [0.1, 0.15) is 5.54 Å². The van der Waals surface area contributed by atoms with Crippen LogP contribution in [-0.4, -0.2) is 25.8 Å². The molecule has 1 fully saturated rings. The molecule has 0 aromatic heterocycles. The van der Waals surface area contributed by atoms with E-state index in [0.29, 0.717) is 18.4 Å². The van der Waals surface area contributed by atoms with E-state index in [1.54, 1.807) is 0 Å². The summed E-state index contributed by atoms with van der Waals surface area (Å²) >= 11 is 0. The zero-order chi connectivity index (χ0) is 10.6. The third-order valence-electron chi connectivity index (χ3n) is 2.70. The van der Waals surface area contributed by atoms with Crippen LogP contribution in [-0.2, 0) is 4.74 Å². The van der Waals surface area contributed by atoms with Crippen molar-refractivity contribution in [2.75, 3.05) is 20.3 Å². The zero-order valence-corrected chi connectivity index (χ0v) is 9.34. The molecule has 0 aromatic carbocycles. The highest BCUT2D eigenvalue weighted by Crippen LogP contribution is 2.39. The van der Waals surface area contributed by atoms with Crippen LogP contribution >= 0.6 is 0 Å². The minimum Gasteiger partial charge on any atom is -0.378 e. The summed E-state index contributed by atoms with van der Waals surface area (Å²) in [4.78, 5) is 0. The Hall–Kier alpha value is -0.590.